The van der Waals surface area contributed by atoms with Gasteiger partial charge >= 0.3 is 0 Å². The number of nitrogens with zero attached hydrogens (tertiary/aromatic N) is 1. The molecule has 0 bridgehead atoms. The molecule has 0 spiro atoms. The van der Waals surface area contributed by atoms with E-state index in [-0.39, 0.29) is 23.2 Å². The number of amides is 2. The fourth-order valence-electron chi connectivity index (χ4n) is 3.87. The number of ether oxygens (including phenoxy) is 1. The van der Waals surface area contributed by atoms with Gasteiger partial charge in [-0.25, -0.2) is 0 Å². The third-order valence-electron chi connectivity index (χ3n) is 5.73. The first-order valence-corrected chi connectivity index (χ1v) is 12.7. The van der Waals surface area contributed by atoms with Crippen LogP contribution in [-0.2, 0) is 11.3 Å². The van der Waals surface area contributed by atoms with Gasteiger partial charge < -0.3 is 15.0 Å². The molecule has 1 heterocycles. The molecule has 1 aliphatic heterocycles. The Morgan fingerprint density at radius 1 is 1.09 bits per heavy atom. The number of halogens is 1. The average molecular weight is 495 g/mol. The van der Waals surface area contributed by atoms with Crippen LogP contribution in [0.3, 0.4) is 0 Å². The molecule has 0 unspecified atom stereocenters. The Bertz CT molecular complexity index is 1130. The van der Waals surface area contributed by atoms with Gasteiger partial charge in [-0.05, 0) is 66.9 Å². The smallest absolute Gasteiger partial charge is 0.251 e. The Labute approximate surface area is 209 Å². The van der Waals surface area contributed by atoms with Gasteiger partial charge in [-0.3, -0.25) is 9.59 Å². The van der Waals surface area contributed by atoms with Gasteiger partial charge in [0.2, 0.25) is 5.91 Å². The fourth-order valence-corrected chi connectivity index (χ4v) is 5.18. The standard InChI is InChI=1S/C27H27ClN2O3S/c1-3-33-24-14-10-20(11-15-24)18(2)29-26(32)21-6-8-22(9-7-21)27-30(25(31)17-34-27)16-19-4-12-23(28)13-5-19/h4-15,18,27H,3,16-17H2,1-2H3,(H,29,32)/t18-,27-/m1/s1. The van der Waals surface area contributed by atoms with Crippen LogP contribution >= 0.6 is 23.4 Å². The van der Waals surface area contributed by atoms with Crippen molar-refractivity contribution in [1.29, 1.82) is 0 Å². The van der Waals surface area contributed by atoms with Crippen molar-refractivity contribution in [3.8, 4) is 5.75 Å². The number of rotatable bonds is 8. The van der Waals surface area contributed by atoms with Gasteiger partial charge in [0.05, 0.1) is 18.4 Å². The van der Waals surface area contributed by atoms with E-state index in [1.165, 1.54) is 0 Å². The third-order valence-corrected chi connectivity index (χ3v) is 7.24. The Morgan fingerprint density at radius 3 is 2.41 bits per heavy atom. The number of thioether (sulfide) groups is 1. The normalized spacial score (nSPS) is 16.4. The van der Waals surface area contributed by atoms with Crippen molar-refractivity contribution in [2.24, 2.45) is 0 Å². The number of hydrogen-bond acceptors (Lipinski definition) is 4. The van der Waals surface area contributed by atoms with Crippen LogP contribution < -0.4 is 10.1 Å². The van der Waals surface area contributed by atoms with Crippen molar-refractivity contribution in [1.82, 2.24) is 10.2 Å². The van der Waals surface area contributed by atoms with E-state index in [4.69, 9.17) is 16.3 Å². The molecule has 2 amide bonds. The van der Waals surface area contributed by atoms with Crippen LogP contribution in [0.2, 0.25) is 5.02 Å². The second-order valence-electron chi connectivity index (χ2n) is 8.13. The molecule has 3 aromatic carbocycles. The van der Waals surface area contributed by atoms with Crippen LogP contribution in [0.4, 0.5) is 0 Å². The lowest BCUT2D eigenvalue weighted by atomic mass is 10.1. The van der Waals surface area contributed by atoms with Crippen LogP contribution in [0.5, 0.6) is 5.75 Å². The van der Waals surface area contributed by atoms with E-state index < -0.39 is 0 Å². The average Bonchev–Trinajstić information content (AvgIpc) is 3.21. The summed E-state index contributed by atoms with van der Waals surface area (Å²) < 4.78 is 5.48. The number of carbonyl (C=O) groups is 2. The minimum Gasteiger partial charge on any atom is -0.494 e. The van der Waals surface area contributed by atoms with Crippen molar-refractivity contribution < 1.29 is 14.3 Å². The zero-order valence-electron chi connectivity index (χ0n) is 19.2. The summed E-state index contributed by atoms with van der Waals surface area (Å²) in [4.78, 5) is 27.2. The first kappa shape index (κ1) is 24.2. The quantitative estimate of drug-likeness (QED) is 0.417. The molecule has 2 atom stereocenters. The van der Waals surface area contributed by atoms with Gasteiger partial charge in [0, 0.05) is 17.1 Å². The molecule has 0 radical (unpaired) electrons. The van der Waals surface area contributed by atoms with E-state index in [9.17, 15) is 9.59 Å². The molecule has 3 aromatic rings. The summed E-state index contributed by atoms with van der Waals surface area (Å²) in [6.45, 7) is 5.05. The monoisotopic (exact) mass is 494 g/mol. The van der Waals surface area contributed by atoms with Gasteiger partial charge in [-0.1, -0.05) is 48.0 Å². The highest BCUT2D eigenvalue weighted by Crippen LogP contribution is 2.39. The molecule has 1 N–H and O–H groups in total. The van der Waals surface area contributed by atoms with Gasteiger partial charge in [-0.2, -0.15) is 0 Å². The molecule has 1 aliphatic rings. The van der Waals surface area contributed by atoms with Crippen LogP contribution in [0.25, 0.3) is 0 Å². The first-order chi connectivity index (χ1) is 16.4. The summed E-state index contributed by atoms with van der Waals surface area (Å²) >= 11 is 7.58. The van der Waals surface area contributed by atoms with Crippen LogP contribution in [0.1, 0.15) is 52.3 Å². The molecular formula is C27H27ClN2O3S. The van der Waals surface area contributed by atoms with Crippen molar-refractivity contribution in [3.05, 3.63) is 100 Å². The number of carbonyl (C=O) groups excluding carboxylic acids is 2. The third kappa shape index (κ3) is 5.75. The molecule has 0 aliphatic carbocycles. The Hall–Kier alpha value is -2.96. The highest BCUT2D eigenvalue weighted by Gasteiger charge is 2.32. The Balaban J connectivity index is 1.40. The summed E-state index contributed by atoms with van der Waals surface area (Å²) in [5.74, 6) is 1.23. The van der Waals surface area contributed by atoms with Gasteiger partial charge in [0.1, 0.15) is 11.1 Å². The number of hydrogen-bond donors (Lipinski definition) is 1. The molecule has 1 fully saturated rings. The minimum absolute atomic E-state index is 0.0805. The molecule has 4 rings (SSSR count). The zero-order chi connectivity index (χ0) is 24.1. The molecule has 7 heteroatoms. The van der Waals surface area contributed by atoms with Gasteiger partial charge in [0.25, 0.3) is 5.91 Å². The van der Waals surface area contributed by atoms with E-state index in [2.05, 4.69) is 5.32 Å². The lowest BCUT2D eigenvalue weighted by Crippen LogP contribution is -2.28. The van der Waals surface area contributed by atoms with Crippen molar-refractivity contribution >= 4 is 35.2 Å². The number of benzene rings is 3. The van der Waals surface area contributed by atoms with E-state index in [1.807, 2.05) is 91.5 Å². The SMILES string of the molecule is CCOc1ccc([C@@H](C)NC(=O)c2ccc([C@H]3SCC(=O)N3Cc3ccc(Cl)cc3)cc2)cc1. The first-order valence-electron chi connectivity index (χ1n) is 11.2. The lowest BCUT2D eigenvalue weighted by Gasteiger charge is -2.24. The van der Waals surface area contributed by atoms with E-state index in [0.717, 1.165) is 22.4 Å². The molecule has 0 saturated carbocycles. The lowest BCUT2D eigenvalue weighted by molar-refractivity contribution is -0.128. The molecule has 5 nitrogen and oxygen atoms in total. The van der Waals surface area contributed by atoms with E-state index in [1.54, 1.807) is 11.8 Å². The summed E-state index contributed by atoms with van der Waals surface area (Å²) in [5, 5.41) is 3.64. The topological polar surface area (TPSA) is 58.6 Å². The molecule has 34 heavy (non-hydrogen) atoms. The van der Waals surface area contributed by atoms with E-state index in [0.29, 0.717) is 29.5 Å². The predicted octanol–water partition coefficient (Wildman–Crippen LogP) is 6.00. The van der Waals surface area contributed by atoms with E-state index >= 15 is 0 Å². The minimum atomic E-state index is -0.138. The maximum absolute atomic E-state index is 12.8. The summed E-state index contributed by atoms with van der Waals surface area (Å²) in [7, 11) is 0. The second-order valence-corrected chi connectivity index (χ2v) is 9.64. The van der Waals surface area contributed by atoms with Crippen molar-refractivity contribution in [3.63, 3.8) is 0 Å². The summed E-state index contributed by atoms with van der Waals surface area (Å²) in [6, 6.07) is 22.7. The summed E-state index contributed by atoms with van der Waals surface area (Å²) in [6.07, 6.45) is 0. The van der Waals surface area contributed by atoms with Crippen molar-refractivity contribution in [2.45, 2.75) is 31.8 Å². The fraction of sp³-hybridized carbons (Fsp3) is 0.259. The van der Waals surface area contributed by atoms with Gasteiger partial charge in [0.15, 0.2) is 0 Å². The molecule has 0 aromatic heterocycles. The predicted molar refractivity (Wildman–Crippen MR) is 137 cm³/mol. The summed E-state index contributed by atoms with van der Waals surface area (Å²) in [5.41, 5.74) is 3.62. The molecular weight excluding hydrogens is 468 g/mol. The zero-order valence-corrected chi connectivity index (χ0v) is 20.7. The largest absolute Gasteiger partial charge is 0.494 e. The second kappa shape index (κ2) is 11.0. The van der Waals surface area contributed by atoms with Crippen LogP contribution in [-0.4, -0.2) is 29.1 Å². The highest BCUT2D eigenvalue weighted by molar-refractivity contribution is 8.00. The van der Waals surface area contributed by atoms with Gasteiger partial charge in [-0.15, -0.1) is 11.8 Å². The maximum atomic E-state index is 12.8. The molecule has 176 valence electrons. The van der Waals surface area contributed by atoms with Crippen LogP contribution in [0, 0.1) is 0 Å². The van der Waals surface area contributed by atoms with Crippen molar-refractivity contribution in [2.75, 3.05) is 12.4 Å². The number of nitrogens with one attached hydrogen (secondary N) is 1. The van der Waals surface area contributed by atoms with Crippen LogP contribution in [0.15, 0.2) is 72.8 Å². The Kier molecular flexibility index (Phi) is 7.80. The highest BCUT2D eigenvalue weighted by atomic mass is 35.5. The Morgan fingerprint density at radius 2 is 1.76 bits per heavy atom. The maximum Gasteiger partial charge on any atom is 0.251 e. The molecule has 1 saturated heterocycles.